The van der Waals surface area contributed by atoms with Crippen LogP contribution in [0.5, 0.6) is 0 Å². The molecule has 1 N–H and O–H groups in total. The van der Waals surface area contributed by atoms with E-state index in [0.29, 0.717) is 33.9 Å². The van der Waals surface area contributed by atoms with E-state index in [1.807, 2.05) is 24.3 Å². The largest absolute Gasteiger partial charge is 0.466 e. The van der Waals surface area contributed by atoms with Gasteiger partial charge >= 0.3 is 5.97 Å². The molecule has 154 valence electrons. The molecule has 2 aliphatic rings. The predicted molar refractivity (Wildman–Crippen MR) is 112 cm³/mol. The van der Waals surface area contributed by atoms with Crippen LogP contribution in [-0.4, -0.2) is 18.9 Å². The van der Waals surface area contributed by atoms with Crippen LogP contribution in [0.15, 0.2) is 71.1 Å². The summed E-state index contributed by atoms with van der Waals surface area (Å²) >= 11 is 6.38. The Balaban J connectivity index is 1.82. The van der Waals surface area contributed by atoms with Crippen LogP contribution in [0.1, 0.15) is 42.7 Å². The molecule has 1 aliphatic carbocycles. The van der Waals surface area contributed by atoms with Gasteiger partial charge in [-0.1, -0.05) is 41.9 Å². The number of ether oxygens (including phenoxy) is 1. The van der Waals surface area contributed by atoms with Gasteiger partial charge in [0, 0.05) is 34.3 Å². The maximum atomic E-state index is 13.5. The van der Waals surface area contributed by atoms with Crippen molar-refractivity contribution in [2.45, 2.75) is 31.6 Å². The molecule has 0 spiro atoms. The molecule has 2 aromatic rings. The molecule has 0 fully saturated rings. The van der Waals surface area contributed by atoms with Crippen molar-refractivity contribution < 1.29 is 18.7 Å². The number of allylic oxidation sites excluding steroid dienone is 3. The van der Waals surface area contributed by atoms with E-state index < -0.39 is 11.9 Å². The van der Waals surface area contributed by atoms with E-state index in [2.05, 4.69) is 5.32 Å². The van der Waals surface area contributed by atoms with Crippen LogP contribution < -0.4 is 5.32 Å². The van der Waals surface area contributed by atoms with Crippen molar-refractivity contribution in [1.82, 2.24) is 5.32 Å². The van der Waals surface area contributed by atoms with Crippen LogP contribution in [0.3, 0.4) is 0 Å². The normalized spacial score (nSPS) is 21.3. The van der Waals surface area contributed by atoms with Crippen molar-refractivity contribution >= 4 is 23.4 Å². The van der Waals surface area contributed by atoms with Gasteiger partial charge in [-0.25, -0.2) is 9.18 Å². The molecule has 0 amide bonds. The van der Waals surface area contributed by atoms with Gasteiger partial charge in [0.25, 0.3) is 0 Å². The molecule has 0 aromatic heterocycles. The Morgan fingerprint density at radius 2 is 1.83 bits per heavy atom. The Morgan fingerprint density at radius 3 is 2.50 bits per heavy atom. The lowest BCUT2D eigenvalue weighted by Crippen LogP contribution is -2.36. The second-order valence-electron chi connectivity index (χ2n) is 7.58. The minimum absolute atomic E-state index is 0.0567. The summed E-state index contributed by atoms with van der Waals surface area (Å²) in [5.41, 5.74) is 3.91. The van der Waals surface area contributed by atoms with E-state index in [1.165, 1.54) is 19.2 Å². The highest BCUT2D eigenvalue weighted by molar-refractivity contribution is 6.31. The van der Waals surface area contributed by atoms with Crippen LogP contribution in [-0.2, 0) is 14.3 Å². The molecule has 4 rings (SSSR count). The molecule has 2 atom stereocenters. The van der Waals surface area contributed by atoms with Crippen LogP contribution in [0.4, 0.5) is 4.39 Å². The highest BCUT2D eigenvalue weighted by Gasteiger charge is 2.41. The first-order chi connectivity index (χ1) is 14.4. The van der Waals surface area contributed by atoms with Crippen molar-refractivity contribution in [2.75, 3.05) is 7.11 Å². The van der Waals surface area contributed by atoms with E-state index >= 15 is 0 Å². The third-order valence-electron chi connectivity index (χ3n) is 5.78. The number of methoxy groups -OCH3 is 1. The average Bonchev–Trinajstić information content (AvgIpc) is 2.73. The molecular weight excluding hydrogens is 405 g/mol. The van der Waals surface area contributed by atoms with Crippen LogP contribution in [0.2, 0.25) is 5.02 Å². The fraction of sp³-hybridized carbons (Fsp3) is 0.250. The Labute approximate surface area is 179 Å². The van der Waals surface area contributed by atoms with Crippen LogP contribution in [0, 0.1) is 5.82 Å². The Morgan fingerprint density at radius 1 is 1.13 bits per heavy atom. The van der Waals surface area contributed by atoms with E-state index in [0.717, 1.165) is 11.3 Å². The average molecular weight is 426 g/mol. The Hall–Kier alpha value is -2.92. The molecule has 1 heterocycles. The van der Waals surface area contributed by atoms with Gasteiger partial charge < -0.3 is 10.1 Å². The first-order valence-electron chi connectivity index (χ1n) is 9.73. The number of ketones is 1. The minimum atomic E-state index is -0.603. The van der Waals surface area contributed by atoms with Gasteiger partial charge in [-0.2, -0.15) is 0 Å². The minimum Gasteiger partial charge on any atom is -0.466 e. The SMILES string of the molecule is COC(=O)C1=C(C)NC2=C(C(=O)CC(c3ccccc3Cl)C2)C1c1ccc(F)cc1. The van der Waals surface area contributed by atoms with Gasteiger partial charge in [-0.3, -0.25) is 4.79 Å². The quantitative estimate of drug-likeness (QED) is 0.702. The lowest BCUT2D eigenvalue weighted by atomic mass is 9.71. The number of dihydropyridines is 1. The van der Waals surface area contributed by atoms with Crippen molar-refractivity contribution in [3.63, 3.8) is 0 Å². The number of benzene rings is 2. The van der Waals surface area contributed by atoms with Gasteiger partial charge in [0.2, 0.25) is 0 Å². The number of Topliss-reactive ketones (excluding diaryl/α,β-unsaturated/α-hetero) is 1. The van der Waals surface area contributed by atoms with E-state index in [4.69, 9.17) is 16.3 Å². The highest BCUT2D eigenvalue weighted by atomic mass is 35.5. The molecule has 0 saturated carbocycles. The molecule has 30 heavy (non-hydrogen) atoms. The summed E-state index contributed by atoms with van der Waals surface area (Å²) in [4.78, 5) is 25.9. The zero-order valence-corrected chi connectivity index (χ0v) is 17.4. The fourth-order valence-electron chi connectivity index (χ4n) is 4.43. The third kappa shape index (κ3) is 3.54. The summed E-state index contributed by atoms with van der Waals surface area (Å²) in [5, 5.41) is 3.90. The maximum absolute atomic E-state index is 13.5. The first-order valence-corrected chi connectivity index (χ1v) is 10.1. The fourth-order valence-corrected chi connectivity index (χ4v) is 4.72. The van der Waals surface area contributed by atoms with Crippen molar-refractivity contribution in [2.24, 2.45) is 0 Å². The van der Waals surface area contributed by atoms with Crippen molar-refractivity contribution in [3.05, 3.63) is 93.0 Å². The van der Waals surface area contributed by atoms with Gasteiger partial charge in [0.1, 0.15) is 5.82 Å². The summed E-state index contributed by atoms with van der Waals surface area (Å²) < 4.78 is 18.5. The van der Waals surface area contributed by atoms with Gasteiger partial charge in [0.05, 0.1) is 12.7 Å². The Bertz CT molecular complexity index is 1090. The van der Waals surface area contributed by atoms with E-state index in [1.54, 1.807) is 19.1 Å². The van der Waals surface area contributed by atoms with E-state index in [9.17, 15) is 14.0 Å². The molecular formula is C24H21ClFNO3. The molecule has 0 bridgehead atoms. The molecule has 2 unspecified atom stereocenters. The number of carbonyl (C=O) groups is 2. The molecule has 0 radical (unpaired) electrons. The third-order valence-corrected chi connectivity index (χ3v) is 6.13. The topological polar surface area (TPSA) is 55.4 Å². The first kappa shape index (κ1) is 20.4. The smallest absolute Gasteiger partial charge is 0.336 e. The number of hydrogen-bond acceptors (Lipinski definition) is 4. The summed E-state index contributed by atoms with van der Waals surface area (Å²) in [5.74, 6) is -1.61. The van der Waals surface area contributed by atoms with Crippen molar-refractivity contribution in [3.8, 4) is 0 Å². The summed E-state index contributed by atoms with van der Waals surface area (Å²) in [7, 11) is 1.31. The number of hydrogen-bond donors (Lipinski definition) is 1. The number of nitrogens with one attached hydrogen (secondary N) is 1. The molecule has 2 aromatic carbocycles. The lowest BCUT2D eigenvalue weighted by Gasteiger charge is -2.36. The van der Waals surface area contributed by atoms with Crippen LogP contribution >= 0.6 is 11.6 Å². The van der Waals surface area contributed by atoms with Gasteiger partial charge in [0.15, 0.2) is 5.78 Å². The summed E-state index contributed by atoms with van der Waals surface area (Å²) in [6, 6.07) is 13.4. The zero-order chi connectivity index (χ0) is 21.4. The number of halogens is 2. The number of esters is 1. The van der Waals surface area contributed by atoms with Crippen molar-refractivity contribution in [1.29, 1.82) is 0 Å². The molecule has 1 aliphatic heterocycles. The predicted octanol–water partition coefficient (Wildman–Crippen LogP) is 5.01. The maximum Gasteiger partial charge on any atom is 0.336 e. The van der Waals surface area contributed by atoms with Gasteiger partial charge in [-0.15, -0.1) is 0 Å². The highest BCUT2D eigenvalue weighted by Crippen LogP contribution is 2.46. The molecule has 4 nitrogen and oxygen atoms in total. The standard InChI is InChI=1S/C24H21ClFNO3/c1-13-21(24(29)30-2)22(14-7-9-16(26)10-8-14)23-19(27-13)11-15(12-20(23)28)17-5-3-4-6-18(17)25/h3-10,15,22,27H,11-12H2,1-2H3. The summed E-state index contributed by atoms with van der Waals surface area (Å²) in [6.45, 7) is 1.79. The van der Waals surface area contributed by atoms with E-state index in [-0.39, 0.29) is 23.9 Å². The second kappa shape index (κ2) is 8.07. The molecule has 0 saturated heterocycles. The Kier molecular flexibility index (Phi) is 5.48. The lowest BCUT2D eigenvalue weighted by molar-refractivity contribution is -0.136. The number of rotatable bonds is 3. The van der Waals surface area contributed by atoms with Gasteiger partial charge in [-0.05, 0) is 48.6 Å². The monoisotopic (exact) mass is 425 g/mol. The zero-order valence-electron chi connectivity index (χ0n) is 16.7. The number of carbonyl (C=O) groups excluding carboxylic acids is 2. The second-order valence-corrected chi connectivity index (χ2v) is 7.99. The van der Waals surface area contributed by atoms with Crippen LogP contribution in [0.25, 0.3) is 0 Å². The molecule has 6 heteroatoms. The summed E-state index contributed by atoms with van der Waals surface area (Å²) in [6.07, 6.45) is 0.879.